The van der Waals surface area contributed by atoms with E-state index in [4.69, 9.17) is 4.74 Å². The molecule has 2 atom stereocenters. The molecule has 1 fully saturated rings. The van der Waals surface area contributed by atoms with Crippen LogP contribution in [0.1, 0.15) is 30.0 Å². The molecule has 11 nitrogen and oxygen atoms in total. The van der Waals surface area contributed by atoms with Crippen molar-refractivity contribution in [2.45, 2.75) is 44.1 Å². The van der Waals surface area contributed by atoms with E-state index in [-0.39, 0.29) is 29.7 Å². The molecule has 1 unspecified atom stereocenters. The van der Waals surface area contributed by atoms with Gasteiger partial charge in [-0.25, -0.2) is 26.8 Å². The van der Waals surface area contributed by atoms with Gasteiger partial charge in [-0.1, -0.05) is 18.2 Å². The van der Waals surface area contributed by atoms with Gasteiger partial charge in [-0.05, 0) is 48.7 Å². The zero-order valence-corrected chi connectivity index (χ0v) is 24.1. The fourth-order valence-electron chi connectivity index (χ4n) is 4.85. The quantitative estimate of drug-likeness (QED) is 0.423. The fraction of sp³-hybridized carbons (Fsp3) is 0.407. The highest BCUT2D eigenvalue weighted by atomic mass is 32.2. The Hall–Kier alpha value is -4.05. The van der Waals surface area contributed by atoms with Gasteiger partial charge in [-0.2, -0.15) is 13.2 Å². The lowest BCUT2D eigenvalue weighted by Gasteiger charge is -2.31. The monoisotopic (exact) mass is 628 g/mol. The summed E-state index contributed by atoms with van der Waals surface area (Å²) in [5, 5.41) is 2.46. The standard InChI is InChI=1S/C27H28F4N4O7S/c1-16(27(29,30)31)34(13-17-4-6-19(28)7-5-17)23(37)14-35-24(38)26(42-25(35)39)11-10-18-12-20(8-9-21(18)26)32-22(36)15-43(40,41)33(2)3/h4-9,12,16H,10-11,13-15H2,1-3H3,(H,32,36)/t16?,26-/m1/s1. The van der Waals surface area contributed by atoms with Gasteiger partial charge in [0.1, 0.15) is 24.2 Å². The average Bonchev–Trinajstić information content (AvgIpc) is 3.38. The number of rotatable bonds is 9. The molecule has 1 spiro atoms. The molecular weight excluding hydrogens is 600 g/mol. The van der Waals surface area contributed by atoms with E-state index in [1.54, 1.807) is 0 Å². The van der Waals surface area contributed by atoms with Gasteiger partial charge < -0.3 is 15.0 Å². The van der Waals surface area contributed by atoms with Crippen molar-refractivity contribution in [3.05, 3.63) is 65.0 Å². The number of nitrogens with zero attached hydrogens (tertiary/aromatic N) is 3. The van der Waals surface area contributed by atoms with E-state index in [0.717, 1.165) is 23.4 Å². The maximum absolute atomic E-state index is 13.6. The van der Waals surface area contributed by atoms with Crippen LogP contribution >= 0.6 is 0 Å². The van der Waals surface area contributed by atoms with Crippen LogP contribution in [0.2, 0.25) is 0 Å². The van der Waals surface area contributed by atoms with Crippen molar-refractivity contribution in [1.29, 1.82) is 0 Å². The third kappa shape index (κ3) is 6.49. The number of fused-ring (bicyclic) bond motifs is 2. The van der Waals surface area contributed by atoms with Crippen molar-refractivity contribution < 1.29 is 49.9 Å². The minimum atomic E-state index is -4.83. The first-order valence-corrected chi connectivity index (χ1v) is 14.5. The van der Waals surface area contributed by atoms with Crippen LogP contribution < -0.4 is 5.32 Å². The molecule has 1 aliphatic carbocycles. The molecule has 0 bridgehead atoms. The third-order valence-corrected chi connectivity index (χ3v) is 9.07. The Labute approximate surface area is 244 Å². The molecule has 2 aromatic carbocycles. The van der Waals surface area contributed by atoms with Crippen LogP contribution in [0.4, 0.5) is 28.0 Å². The maximum atomic E-state index is 13.6. The van der Waals surface area contributed by atoms with Gasteiger partial charge in [-0.3, -0.25) is 14.4 Å². The second kappa shape index (κ2) is 11.6. The van der Waals surface area contributed by atoms with Gasteiger partial charge in [0.25, 0.3) is 5.91 Å². The Morgan fingerprint density at radius 2 is 1.77 bits per heavy atom. The number of anilines is 1. The summed E-state index contributed by atoms with van der Waals surface area (Å²) in [5.41, 5.74) is -0.612. The summed E-state index contributed by atoms with van der Waals surface area (Å²) < 4.78 is 84.5. The zero-order valence-electron chi connectivity index (χ0n) is 23.3. The molecule has 232 valence electrons. The lowest BCUT2D eigenvalue weighted by atomic mass is 9.94. The van der Waals surface area contributed by atoms with Crippen LogP contribution in [0.3, 0.4) is 0 Å². The number of carbonyl (C=O) groups excluding carboxylic acids is 4. The molecule has 1 heterocycles. The van der Waals surface area contributed by atoms with E-state index in [1.807, 2.05) is 0 Å². The van der Waals surface area contributed by atoms with E-state index < -0.39 is 76.3 Å². The molecule has 0 aromatic heterocycles. The predicted molar refractivity (Wildman–Crippen MR) is 143 cm³/mol. The number of halogens is 4. The van der Waals surface area contributed by atoms with Gasteiger partial charge in [-0.15, -0.1) is 0 Å². The molecule has 4 rings (SSSR count). The minimum absolute atomic E-state index is 0.0255. The molecule has 43 heavy (non-hydrogen) atoms. The van der Waals surface area contributed by atoms with Gasteiger partial charge in [0.05, 0.1) is 0 Å². The van der Waals surface area contributed by atoms with Crippen LogP contribution in [-0.4, -0.2) is 84.9 Å². The number of amides is 4. The number of sulfonamides is 1. The average molecular weight is 629 g/mol. The van der Waals surface area contributed by atoms with E-state index >= 15 is 0 Å². The third-order valence-electron chi connectivity index (χ3n) is 7.33. The lowest BCUT2D eigenvalue weighted by molar-refractivity contribution is -0.187. The summed E-state index contributed by atoms with van der Waals surface area (Å²) in [5.74, 6) is -4.33. The van der Waals surface area contributed by atoms with Crippen molar-refractivity contribution in [2.75, 3.05) is 31.7 Å². The SMILES string of the molecule is CC(N(Cc1ccc(F)cc1)C(=O)CN1C(=O)O[C@@]2(CCc3cc(NC(=O)CS(=O)(=O)N(C)C)ccc32)C1=O)C(F)(F)F. The minimum Gasteiger partial charge on any atom is -0.427 e. The second-order valence-electron chi connectivity index (χ2n) is 10.4. The Morgan fingerprint density at radius 1 is 1.12 bits per heavy atom. The Balaban J connectivity index is 1.52. The van der Waals surface area contributed by atoms with E-state index in [9.17, 15) is 45.2 Å². The first kappa shape index (κ1) is 31.9. The van der Waals surface area contributed by atoms with Gasteiger partial charge in [0.15, 0.2) is 0 Å². The summed E-state index contributed by atoms with van der Waals surface area (Å²) in [6, 6.07) is 6.50. The van der Waals surface area contributed by atoms with Crippen LogP contribution in [0, 0.1) is 5.82 Å². The van der Waals surface area contributed by atoms with Crippen molar-refractivity contribution in [1.82, 2.24) is 14.1 Å². The van der Waals surface area contributed by atoms with Crippen molar-refractivity contribution in [2.24, 2.45) is 0 Å². The maximum Gasteiger partial charge on any atom is 0.418 e. The molecule has 2 aliphatic rings. The highest BCUT2D eigenvalue weighted by Crippen LogP contribution is 2.46. The normalized spacial score (nSPS) is 19.0. The number of aryl methyl sites for hydroxylation is 1. The summed E-state index contributed by atoms with van der Waals surface area (Å²) >= 11 is 0. The molecule has 1 N–H and O–H groups in total. The zero-order chi connectivity index (χ0) is 31.9. The number of imide groups is 1. The Morgan fingerprint density at radius 3 is 2.37 bits per heavy atom. The number of ether oxygens (including phenoxy) is 1. The molecule has 0 radical (unpaired) electrons. The summed E-state index contributed by atoms with van der Waals surface area (Å²) in [7, 11) is -1.24. The Bertz CT molecular complexity index is 1560. The summed E-state index contributed by atoms with van der Waals surface area (Å²) in [6.07, 6.45) is -5.86. The summed E-state index contributed by atoms with van der Waals surface area (Å²) in [4.78, 5) is 52.6. The first-order chi connectivity index (χ1) is 19.9. The highest BCUT2D eigenvalue weighted by molar-refractivity contribution is 7.89. The summed E-state index contributed by atoms with van der Waals surface area (Å²) in [6.45, 7) is -0.827. The largest absolute Gasteiger partial charge is 0.427 e. The Kier molecular flexibility index (Phi) is 8.57. The predicted octanol–water partition coefficient (Wildman–Crippen LogP) is 2.76. The van der Waals surface area contributed by atoms with Gasteiger partial charge >= 0.3 is 12.3 Å². The van der Waals surface area contributed by atoms with Crippen LogP contribution in [0.15, 0.2) is 42.5 Å². The highest BCUT2D eigenvalue weighted by Gasteiger charge is 2.58. The molecule has 0 saturated carbocycles. The second-order valence-corrected chi connectivity index (χ2v) is 12.6. The van der Waals surface area contributed by atoms with E-state index in [1.165, 1.54) is 44.4 Å². The number of benzene rings is 2. The van der Waals surface area contributed by atoms with Crippen LogP contribution in [0.5, 0.6) is 0 Å². The van der Waals surface area contributed by atoms with Crippen molar-refractivity contribution in [3.63, 3.8) is 0 Å². The molecule has 16 heteroatoms. The van der Waals surface area contributed by atoms with Crippen molar-refractivity contribution in [3.8, 4) is 0 Å². The topological polar surface area (TPSA) is 133 Å². The molecule has 1 saturated heterocycles. The molecule has 4 amide bonds. The number of hydrogen-bond donors (Lipinski definition) is 1. The lowest BCUT2D eigenvalue weighted by Crippen LogP contribution is -2.51. The van der Waals surface area contributed by atoms with Crippen LogP contribution in [-0.2, 0) is 47.7 Å². The number of alkyl halides is 3. The van der Waals surface area contributed by atoms with Crippen LogP contribution in [0.25, 0.3) is 0 Å². The van der Waals surface area contributed by atoms with E-state index in [2.05, 4.69) is 5.32 Å². The van der Waals surface area contributed by atoms with E-state index in [0.29, 0.717) is 15.4 Å². The van der Waals surface area contributed by atoms with Gasteiger partial charge in [0.2, 0.25) is 27.4 Å². The van der Waals surface area contributed by atoms with Crippen molar-refractivity contribution >= 4 is 39.5 Å². The first-order valence-electron chi connectivity index (χ1n) is 12.9. The van der Waals surface area contributed by atoms with Gasteiger partial charge in [0, 0.05) is 38.3 Å². The molecule has 1 aliphatic heterocycles. The fourth-order valence-corrected chi connectivity index (χ4v) is 5.51. The number of carbonyl (C=O) groups is 4. The molecule has 2 aromatic rings. The number of hydrogen-bond acceptors (Lipinski definition) is 7. The number of nitrogens with one attached hydrogen (secondary N) is 1. The smallest absolute Gasteiger partial charge is 0.418 e. The molecular formula is C27H28F4N4O7S.